The van der Waals surface area contributed by atoms with Gasteiger partial charge in [-0.15, -0.1) is 0 Å². The minimum absolute atomic E-state index is 1.02. The van der Waals surface area contributed by atoms with Crippen LogP contribution in [0, 0.1) is 0 Å². The molecule has 0 spiro atoms. The average molecular weight is 286 g/mol. The standard InChI is InChI=1S/C8H16Br2N/c1-5-11(3,4)6-8(10)7(2)9/h5-6H2,1-4H3/q+1/b8-7+. The van der Waals surface area contributed by atoms with E-state index in [0.717, 1.165) is 17.6 Å². The van der Waals surface area contributed by atoms with Crippen LogP contribution in [0.1, 0.15) is 13.8 Å². The van der Waals surface area contributed by atoms with Crippen molar-refractivity contribution in [2.75, 3.05) is 27.2 Å². The molecule has 0 atom stereocenters. The van der Waals surface area contributed by atoms with Crippen LogP contribution >= 0.6 is 31.9 Å². The molecule has 0 aliphatic rings. The number of halogens is 2. The second kappa shape index (κ2) is 4.63. The van der Waals surface area contributed by atoms with Crippen LogP contribution in [-0.2, 0) is 0 Å². The third kappa shape index (κ3) is 4.99. The molecule has 0 amide bonds. The fourth-order valence-electron chi connectivity index (χ4n) is 0.597. The zero-order valence-electron chi connectivity index (χ0n) is 7.62. The molecule has 0 bridgehead atoms. The second-order valence-corrected chi connectivity index (χ2v) is 5.50. The first-order chi connectivity index (χ1) is 4.89. The lowest BCUT2D eigenvalue weighted by Gasteiger charge is -2.28. The van der Waals surface area contributed by atoms with Gasteiger partial charge in [0.25, 0.3) is 0 Å². The van der Waals surface area contributed by atoms with Gasteiger partial charge in [0.1, 0.15) is 6.54 Å². The quantitative estimate of drug-likeness (QED) is 0.699. The number of hydrogen-bond donors (Lipinski definition) is 0. The molecule has 66 valence electrons. The van der Waals surface area contributed by atoms with Gasteiger partial charge in [-0.3, -0.25) is 0 Å². The summed E-state index contributed by atoms with van der Waals surface area (Å²) in [5.74, 6) is 0. The number of allylic oxidation sites excluding steroid dienone is 1. The second-order valence-electron chi connectivity index (χ2n) is 3.35. The summed E-state index contributed by atoms with van der Waals surface area (Å²) in [6, 6.07) is 0. The Morgan fingerprint density at radius 3 is 2.00 bits per heavy atom. The molecule has 0 aromatic heterocycles. The fourth-order valence-corrected chi connectivity index (χ4v) is 1.40. The summed E-state index contributed by atoms with van der Waals surface area (Å²) in [4.78, 5) is 0. The molecule has 0 saturated carbocycles. The van der Waals surface area contributed by atoms with Crippen LogP contribution in [0.15, 0.2) is 8.96 Å². The molecule has 1 nitrogen and oxygen atoms in total. The first-order valence-corrected chi connectivity index (χ1v) is 5.30. The lowest BCUT2D eigenvalue weighted by atomic mass is 10.4. The van der Waals surface area contributed by atoms with E-state index >= 15 is 0 Å². The molecule has 0 saturated heterocycles. The minimum Gasteiger partial charge on any atom is -0.324 e. The number of quaternary nitrogens is 1. The monoisotopic (exact) mass is 284 g/mol. The zero-order chi connectivity index (χ0) is 9.07. The van der Waals surface area contributed by atoms with Crippen LogP contribution in [0.4, 0.5) is 0 Å². The third-order valence-electron chi connectivity index (χ3n) is 1.80. The number of rotatable bonds is 3. The zero-order valence-corrected chi connectivity index (χ0v) is 10.8. The molecule has 0 unspecified atom stereocenters. The Hall–Kier alpha value is 0.660. The van der Waals surface area contributed by atoms with Gasteiger partial charge in [-0.25, -0.2) is 0 Å². The van der Waals surface area contributed by atoms with Gasteiger partial charge in [-0.2, -0.15) is 0 Å². The normalized spacial score (nSPS) is 14.7. The summed E-state index contributed by atoms with van der Waals surface area (Å²) >= 11 is 6.98. The summed E-state index contributed by atoms with van der Waals surface area (Å²) in [6.45, 7) is 6.45. The molecule has 0 aliphatic carbocycles. The van der Waals surface area contributed by atoms with E-state index in [9.17, 15) is 0 Å². The molecule has 0 radical (unpaired) electrons. The Kier molecular flexibility index (Phi) is 4.91. The molecule has 0 aromatic carbocycles. The van der Waals surface area contributed by atoms with Crippen LogP contribution < -0.4 is 0 Å². The van der Waals surface area contributed by atoms with Crippen molar-refractivity contribution in [3.05, 3.63) is 8.96 Å². The first kappa shape index (κ1) is 11.7. The van der Waals surface area contributed by atoms with Crippen molar-refractivity contribution in [3.63, 3.8) is 0 Å². The van der Waals surface area contributed by atoms with Crippen LogP contribution in [0.5, 0.6) is 0 Å². The van der Waals surface area contributed by atoms with Crippen molar-refractivity contribution < 1.29 is 4.48 Å². The summed E-state index contributed by atoms with van der Waals surface area (Å²) in [6.07, 6.45) is 0. The van der Waals surface area contributed by atoms with Gasteiger partial charge in [0.2, 0.25) is 0 Å². The van der Waals surface area contributed by atoms with Gasteiger partial charge in [0.05, 0.1) is 25.1 Å². The Bertz CT molecular complexity index is 157. The Morgan fingerprint density at radius 2 is 1.73 bits per heavy atom. The van der Waals surface area contributed by atoms with Crippen molar-refractivity contribution in [2.45, 2.75) is 13.8 Å². The largest absolute Gasteiger partial charge is 0.324 e. The van der Waals surface area contributed by atoms with Gasteiger partial charge < -0.3 is 4.48 Å². The SMILES string of the molecule is CC[N+](C)(C)C/C(Br)=C(/C)Br. The highest BCUT2D eigenvalue weighted by atomic mass is 79.9. The molecule has 11 heavy (non-hydrogen) atoms. The summed E-state index contributed by atoms with van der Waals surface area (Å²) in [5, 5.41) is 0. The highest BCUT2D eigenvalue weighted by Gasteiger charge is 2.13. The molecule has 0 aromatic rings. The van der Waals surface area contributed by atoms with E-state index < -0.39 is 0 Å². The topological polar surface area (TPSA) is 0 Å². The average Bonchev–Trinajstić information content (AvgIpc) is 1.87. The molecule has 0 rings (SSSR count). The van der Waals surface area contributed by atoms with Crippen molar-refractivity contribution in [1.29, 1.82) is 0 Å². The van der Waals surface area contributed by atoms with Gasteiger partial charge in [-0.05, 0) is 29.8 Å². The smallest absolute Gasteiger partial charge is 0.111 e. The maximum Gasteiger partial charge on any atom is 0.111 e. The highest BCUT2D eigenvalue weighted by molar-refractivity contribution is 9.14. The van der Waals surface area contributed by atoms with E-state index in [1.54, 1.807) is 0 Å². The maximum atomic E-state index is 3.54. The van der Waals surface area contributed by atoms with E-state index in [-0.39, 0.29) is 0 Å². The Labute approximate surface area is 86.3 Å². The fraction of sp³-hybridized carbons (Fsp3) is 0.750. The van der Waals surface area contributed by atoms with Gasteiger partial charge >= 0.3 is 0 Å². The van der Waals surface area contributed by atoms with Crippen molar-refractivity contribution in [1.82, 2.24) is 0 Å². The molecule has 3 heteroatoms. The van der Waals surface area contributed by atoms with E-state index in [1.165, 1.54) is 8.96 Å². The highest BCUT2D eigenvalue weighted by Crippen LogP contribution is 2.19. The third-order valence-corrected chi connectivity index (χ3v) is 3.65. The molecular formula is C8H16Br2N+. The maximum absolute atomic E-state index is 3.54. The predicted octanol–water partition coefficient (Wildman–Crippen LogP) is 3.10. The van der Waals surface area contributed by atoms with Crippen LogP contribution in [0.2, 0.25) is 0 Å². The van der Waals surface area contributed by atoms with Gasteiger partial charge in [0.15, 0.2) is 0 Å². The minimum atomic E-state index is 1.02. The van der Waals surface area contributed by atoms with Crippen LogP contribution in [-0.4, -0.2) is 31.7 Å². The number of hydrogen-bond acceptors (Lipinski definition) is 0. The molecule has 0 N–H and O–H groups in total. The lowest BCUT2D eigenvalue weighted by molar-refractivity contribution is -0.883. The molecule has 0 fully saturated rings. The number of likely N-dealkylation sites (N-methyl/N-ethyl adjacent to an activating group) is 1. The number of nitrogens with zero attached hydrogens (tertiary/aromatic N) is 1. The molecular weight excluding hydrogens is 270 g/mol. The van der Waals surface area contributed by atoms with Crippen molar-refractivity contribution in [2.24, 2.45) is 0 Å². The van der Waals surface area contributed by atoms with Crippen molar-refractivity contribution in [3.8, 4) is 0 Å². The summed E-state index contributed by atoms with van der Waals surface area (Å²) in [7, 11) is 4.44. The lowest BCUT2D eigenvalue weighted by Crippen LogP contribution is -2.40. The molecule has 0 heterocycles. The van der Waals surface area contributed by atoms with E-state index in [2.05, 4.69) is 59.8 Å². The van der Waals surface area contributed by atoms with Gasteiger partial charge in [-0.1, -0.05) is 15.9 Å². The van der Waals surface area contributed by atoms with E-state index in [0.29, 0.717) is 0 Å². The Morgan fingerprint density at radius 1 is 1.27 bits per heavy atom. The van der Waals surface area contributed by atoms with Crippen LogP contribution in [0.25, 0.3) is 0 Å². The predicted molar refractivity (Wildman–Crippen MR) is 58.1 cm³/mol. The van der Waals surface area contributed by atoms with Gasteiger partial charge in [0, 0.05) is 4.48 Å². The summed E-state index contributed by atoms with van der Waals surface area (Å²) < 4.78 is 3.46. The summed E-state index contributed by atoms with van der Waals surface area (Å²) in [5.41, 5.74) is 0. The first-order valence-electron chi connectivity index (χ1n) is 3.72. The molecule has 0 aliphatic heterocycles. The van der Waals surface area contributed by atoms with E-state index in [4.69, 9.17) is 0 Å². The van der Waals surface area contributed by atoms with Crippen LogP contribution in [0.3, 0.4) is 0 Å². The van der Waals surface area contributed by atoms with Crippen molar-refractivity contribution >= 4 is 31.9 Å². The van der Waals surface area contributed by atoms with E-state index in [1.807, 2.05) is 0 Å². The Balaban J connectivity index is 4.15.